The van der Waals surface area contributed by atoms with Gasteiger partial charge in [-0.15, -0.1) is 0 Å². The first-order valence-corrected chi connectivity index (χ1v) is 12.9. The van der Waals surface area contributed by atoms with Crippen LogP contribution in [0.2, 0.25) is 10.0 Å². The lowest BCUT2D eigenvalue weighted by Gasteiger charge is -2.23. The third-order valence-electron chi connectivity index (χ3n) is 5.51. The highest BCUT2D eigenvalue weighted by Gasteiger charge is 2.33. The van der Waals surface area contributed by atoms with E-state index in [4.69, 9.17) is 27.9 Å². The lowest BCUT2D eigenvalue weighted by molar-refractivity contribution is 0.0283. The van der Waals surface area contributed by atoms with E-state index in [9.17, 15) is 14.4 Å². The van der Waals surface area contributed by atoms with Crippen molar-refractivity contribution in [3.63, 3.8) is 0 Å². The van der Waals surface area contributed by atoms with Gasteiger partial charge in [0.1, 0.15) is 0 Å². The Kier molecular flexibility index (Phi) is 8.77. The molecule has 1 N–H and O–H groups in total. The summed E-state index contributed by atoms with van der Waals surface area (Å²) >= 11 is 15.7. The van der Waals surface area contributed by atoms with Crippen LogP contribution in [0.1, 0.15) is 41.5 Å². The van der Waals surface area contributed by atoms with Crippen LogP contribution < -0.4 is 5.32 Å². The predicted octanol–water partition coefficient (Wildman–Crippen LogP) is 7.79. The number of halogens is 3. The van der Waals surface area contributed by atoms with E-state index in [1.54, 1.807) is 54.6 Å². The number of Topliss-reactive ketones (excluding diaryl/α,β-unsaturated/α-hetero) is 1. The van der Waals surface area contributed by atoms with E-state index < -0.39 is 22.8 Å². The van der Waals surface area contributed by atoms with Crippen molar-refractivity contribution in [1.82, 2.24) is 0 Å². The molecule has 0 aliphatic heterocycles. The Morgan fingerprint density at radius 1 is 0.757 bits per heavy atom. The molecule has 0 unspecified atom stereocenters. The van der Waals surface area contributed by atoms with Crippen molar-refractivity contribution in [1.29, 1.82) is 0 Å². The zero-order valence-electron chi connectivity index (χ0n) is 19.2. The maximum atomic E-state index is 13.4. The van der Waals surface area contributed by atoms with Gasteiger partial charge >= 0.3 is 5.97 Å². The fraction of sp³-hybridized carbons (Fsp3) is 0.0690. The summed E-state index contributed by atoms with van der Waals surface area (Å²) in [4.78, 5) is 39.1. The van der Waals surface area contributed by atoms with Crippen LogP contribution in [0.5, 0.6) is 0 Å². The number of hydrogen-bond acceptors (Lipinski definition) is 4. The van der Waals surface area contributed by atoms with Crippen molar-refractivity contribution >= 4 is 62.5 Å². The molecule has 0 saturated carbocycles. The van der Waals surface area contributed by atoms with Crippen molar-refractivity contribution in [3.8, 4) is 0 Å². The molecule has 0 saturated heterocycles. The van der Waals surface area contributed by atoms with Gasteiger partial charge in [-0.3, -0.25) is 9.59 Å². The molecular formula is C29H20BrCl2NO4. The average molecular weight is 597 g/mol. The number of rotatable bonds is 8. The highest BCUT2D eigenvalue weighted by Crippen LogP contribution is 2.32. The fourth-order valence-corrected chi connectivity index (χ4v) is 4.78. The molecule has 0 spiro atoms. The van der Waals surface area contributed by atoms with Crippen molar-refractivity contribution in [2.45, 2.75) is 10.9 Å². The second-order valence-electron chi connectivity index (χ2n) is 7.99. The molecule has 0 fully saturated rings. The van der Waals surface area contributed by atoms with Crippen molar-refractivity contribution in [2.75, 3.05) is 5.32 Å². The molecule has 37 heavy (non-hydrogen) atoms. The predicted molar refractivity (Wildman–Crippen MR) is 149 cm³/mol. The van der Waals surface area contributed by atoms with Gasteiger partial charge in [0.2, 0.25) is 5.78 Å². The van der Waals surface area contributed by atoms with E-state index in [1.165, 1.54) is 18.2 Å². The van der Waals surface area contributed by atoms with Gasteiger partial charge in [0, 0.05) is 10.6 Å². The van der Waals surface area contributed by atoms with Crippen LogP contribution in [0.25, 0.3) is 0 Å². The van der Waals surface area contributed by atoms with E-state index in [1.807, 2.05) is 30.3 Å². The Morgan fingerprint density at radius 2 is 1.38 bits per heavy atom. The monoisotopic (exact) mass is 595 g/mol. The van der Waals surface area contributed by atoms with Crippen molar-refractivity contribution in [3.05, 3.63) is 135 Å². The zero-order chi connectivity index (χ0) is 26.4. The summed E-state index contributed by atoms with van der Waals surface area (Å²) in [5.41, 5.74) is 1.65. The first-order valence-electron chi connectivity index (χ1n) is 11.2. The van der Waals surface area contributed by atoms with Gasteiger partial charge in [-0.2, -0.15) is 0 Å². The van der Waals surface area contributed by atoms with Gasteiger partial charge in [-0.25, -0.2) is 4.79 Å². The van der Waals surface area contributed by atoms with Crippen LogP contribution in [-0.4, -0.2) is 23.8 Å². The number of para-hydroxylation sites is 1. The zero-order valence-corrected chi connectivity index (χ0v) is 22.3. The number of ketones is 1. The standard InChI is InChI=1S/C29H20BrCl2NO4/c30-25(18-9-3-1-4-10-18)27(26(34)19-11-5-2-6-12-19)37-29(36)22-13-7-8-14-24(22)33-28(35)21-16-15-20(31)17-23(21)32/h1-17,25,27H,(H,33,35)/t25-,27+/m0/s1. The van der Waals surface area contributed by atoms with Crippen LogP contribution in [-0.2, 0) is 4.74 Å². The quantitative estimate of drug-likeness (QED) is 0.128. The first-order chi connectivity index (χ1) is 17.8. The number of benzene rings is 4. The second kappa shape index (κ2) is 12.2. The Hall–Kier alpha value is -3.45. The van der Waals surface area contributed by atoms with E-state index in [-0.39, 0.29) is 27.6 Å². The number of anilines is 1. The first kappa shape index (κ1) is 26.6. The summed E-state index contributed by atoms with van der Waals surface area (Å²) in [7, 11) is 0. The second-order valence-corrected chi connectivity index (χ2v) is 9.82. The number of ether oxygens (including phenoxy) is 1. The largest absolute Gasteiger partial charge is 0.449 e. The molecule has 0 aliphatic rings. The topological polar surface area (TPSA) is 72.5 Å². The van der Waals surface area contributed by atoms with Crippen molar-refractivity contribution in [2.24, 2.45) is 0 Å². The summed E-state index contributed by atoms with van der Waals surface area (Å²) in [6.07, 6.45) is -1.17. The summed E-state index contributed by atoms with van der Waals surface area (Å²) in [5, 5.41) is 3.26. The molecule has 0 bridgehead atoms. The number of alkyl halides is 1. The normalized spacial score (nSPS) is 12.3. The smallest absolute Gasteiger partial charge is 0.341 e. The minimum Gasteiger partial charge on any atom is -0.449 e. The molecule has 5 nitrogen and oxygen atoms in total. The third-order valence-corrected chi connectivity index (χ3v) is 7.06. The van der Waals surface area contributed by atoms with Gasteiger partial charge < -0.3 is 10.1 Å². The molecule has 4 rings (SSSR count). The minimum atomic E-state index is -1.17. The molecular weight excluding hydrogens is 577 g/mol. The van der Waals surface area contributed by atoms with Gasteiger partial charge in [0.05, 0.1) is 26.7 Å². The van der Waals surface area contributed by atoms with Crippen LogP contribution in [0.3, 0.4) is 0 Å². The van der Waals surface area contributed by atoms with Crippen LogP contribution in [0.4, 0.5) is 5.69 Å². The number of hydrogen-bond donors (Lipinski definition) is 1. The van der Waals surface area contributed by atoms with Crippen LogP contribution in [0.15, 0.2) is 103 Å². The Labute approximate surface area is 232 Å². The Balaban J connectivity index is 1.62. The van der Waals surface area contributed by atoms with Gasteiger partial charge in [0.15, 0.2) is 6.10 Å². The molecule has 2 atom stereocenters. The molecule has 0 radical (unpaired) electrons. The fourth-order valence-electron chi connectivity index (χ4n) is 3.64. The number of nitrogens with one attached hydrogen (secondary N) is 1. The summed E-state index contributed by atoms with van der Waals surface area (Å²) < 4.78 is 5.81. The Morgan fingerprint density at radius 3 is 2.05 bits per heavy atom. The number of carbonyl (C=O) groups excluding carboxylic acids is 3. The molecule has 0 aliphatic carbocycles. The molecule has 0 heterocycles. The molecule has 186 valence electrons. The number of carbonyl (C=O) groups is 3. The van der Waals surface area contributed by atoms with E-state index >= 15 is 0 Å². The maximum Gasteiger partial charge on any atom is 0.341 e. The number of amides is 1. The maximum absolute atomic E-state index is 13.4. The lowest BCUT2D eigenvalue weighted by Crippen LogP contribution is -2.31. The molecule has 8 heteroatoms. The van der Waals surface area contributed by atoms with Gasteiger partial charge in [-0.1, -0.05) is 112 Å². The highest BCUT2D eigenvalue weighted by atomic mass is 79.9. The van der Waals surface area contributed by atoms with Crippen LogP contribution >= 0.6 is 39.1 Å². The summed E-state index contributed by atoms with van der Waals surface area (Å²) in [6.45, 7) is 0. The Bertz CT molecular complexity index is 1430. The van der Waals surface area contributed by atoms with Gasteiger partial charge in [0.25, 0.3) is 5.91 Å². The summed E-state index contributed by atoms with van der Waals surface area (Å²) in [6, 6.07) is 28.7. The van der Waals surface area contributed by atoms with E-state index in [0.29, 0.717) is 10.6 Å². The average Bonchev–Trinajstić information content (AvgIpc) is 2.92. The molecule has 4 aromatic rings. The molecule has 4 aromatic carbocycles. The summed E-state index contributed by atoms with van der Waals surface area (Å²) in [5.74, 6) is -1.66. The SMILES string of the molecule is O=C(Nc1ccccc1C(=O)O[C@@H](C(=O)c1ccccc1)[C@@H](Br)c1ccccc1)c1ccc(Cl)cc1Cl. The van der Waals surface area contributed by atoms with Gasteiger partial charge in [-0.05, 0) is 35.9 Å². The molecule has 0 aromatic heterocycles. The number of esters is 1. The van der Waals surface area contributed by atoms with E-state index in [0.717, 1.165) is 5.56 Å². The van der Waals surface area contributed by atoms with Crippen LogP contribution in [0, 0.1) is 0 Å². The van der Waals surface area contributed by atoms with E-state index in [2.05, 4.69) is 21.2 Å². The minimum absolute atomic E-state index is 0.0829. The third kappa shape index (κ3) is 6.46. The lowest BCUT2D eigenvalue weighted by atomic mass is 9.99. The highest BCUT2D eigenvalue weighted by molar-refractivity contribution is 9.09. The van der Waals surface area contributed by atoms with Crippen molar-refractivity contribution < 1.29 is 19.1 Å². The molecule has 1 amide bonds.